The first kappa shape index (κ1) is 18.9. The average molecular weight is 400 g/mol. The lowest BCUT2D eigenvalue weighted by Crippen LogP contribution is -2.56. The topological polar surface area (TPSA) is 95.1 Å². The maximum absolute atomic E-state index is 13.1. The van der Waals surface area contributed by atoms with Gasteiger partial charge in [0, 0.05) is 5.56 Å². The maximum Gasteiger partial charge on any atom is 0.360 e. The van der Waals surface area contributed by atoms with Crippen molar-refractivity contribution in [3.05, 3.63) is 128 Å². The van der Waals surface area contributed by atoms with Crippen molar-refractivity contribution in [3.63, 3.8) is 0 Å². The molecule has 1 aromatic heterocycles. The standard InChI is InChI=1S/C22H16N4O4/c27-19(16-10-4-1-5-11-16)23-26-21(29)24(17-12-6-2-7-13-17)20(28)25(22(26)30)18-14-8-3-9-15-18/h1-15H,(H,23,27). The second-order valence-electron chi connectivity index (χ2n) is 6.33. The van der Waals surface area contributed by atoms with E-state index >= 15 is 0 Å². The first-order valence-corrected chi connectivity index (χ1v) is 9.06. The molecule has 0 bridgehead atoms. The van der Waals surface area contributed by atoms with Crippen LogP contribution in [0.5, 0.6) is 0 Å². The summed E-state index contributed by atoms with van der Waals surface area (Å²) in [6, 6.07) is 24.5. The number of para-hydroxylation sites is 2. The zero-order valence-electron chi connectivity index (χ0n) is 15.6. The maximum atomic E-state index is 13.1. The molecule has 8 nitrogen and oxygen atoms in total. The first-order chi connectivity index (χ1) is 14.6. The largest absolute Gasteiger partial charge is 0.360 e. The molecule has 0 saturated heterocycles. The van der Waals surface area contributed by atoms with Crippen molar-refractivity contribution in [3.8, 4) is 11.4 Å². The normalized spacial score (nSPS) is 10.5. The highest BCUT2D eigenvalue weighted by Crippen LogP contribution is 2.04. The Morgan fingerprint density at radius 3 is 1.40 bits per heavy atom. The smallest absolute Gasteiger partial charge is 0.267 e. The third-order valence-corrected chi connectivity index (χ3v) is 4.43. The summed E-state index contributed by atoms with van der Waals surface area (Å²) in [5.41, 5.74) is 0.301. The van der Waals surface area contributed by atoms with Gasteiger partial charge in [0.1, 0.15) is 0 Å². The molecule has 0 unspecified atom stereocenters. The van der Waals surface area contributed by atoms with E-state index in [1.807, 2.05) is 0 Å². The van der Waals surface area contributed by atoms with E-state index in [1.54, 1.807) is 91.0 Å². The molecule has 3 aromatic carbocycles. The van der Waals surface area contributed by atoms with Gasteiger partial charge in [-0.05, 0) is 36.4 Å². The molecule has 0 aliphatic rings. The zero-order valence-corrected chi connectivity index (χ0v) is 15.6. The molecule has 0 aliphatic heterocycles. The summed E-state index contributed by atoms with van der Waals surface area (Å²) >= 11 is 0. The predicted octanol–water partition coefficient (Wildman–Crippen LogP) is 1.53. The highest BCUT2D eigenvalue weighted by molar-refractivity contribution is 5.99. The van der Waals surface area contributed by atoms with Crippen LogP contribution < -0.4 is 22.5 Å². The SMILES string of the molecule is O=C(Nn1c(=O)n(-c2ccccc2)c(=O)n(-c2ccccc2)c1=O)c1ccccc1. The van der Waals surface area contributed by atoms with Crippen LogP contribution in [0.3, 0.4) is 0 Å². The molecule has 4 rings (SSSR count). The van der Waals surface area contributed by atoms with E-state index < -0.39 is 23.0 Å². The number of aromatic nitrogens is 3. The highest BCUT2D eigenvalue weighted by atomic mass is 16.2. The molecule has 0 fully saturated rings. The number of hydrogen-bond donors (Lipinski definition) is 1. The number of carbonyl (C=O) groups is 1. The molecule has 4 aromatic rings. The molecule has 8 heteroatoms. The Balaban J connectivity index is 1.98. The van der Waals surface area contributed by atoms with Gasteiger partial charge in [0.05, 0.1) is 11.4 Å². The Hall–Kier alpha value is -4.46. The van der Waals surface area contributed by atoms with Gasteiger partial charge in [0.2, 0.25) is 0 Å². The van der Waals surface area contributed by atoms with Crippen molar-refractivity contribution < 1.29 is 4.79 Å². The average Bonchev–Trinajstić information content (AvgIpc) is 2.79. The monoisotopic (exact) mass is 400 g/mol. The van der Waals surface area contributed by atoms with Crippen molar-refractivity contribution in [2.24, 2.45) is 0 Å². The van der Waals surface area contributed by atoms with Gasteiger partial charge >= 0.3 is 17.1 Å². The van der Waals surface area contributed by atoms with Crippen LogP contribution in [0.4, 0.5) is 0 Å². The molecule has 0 aliphatic carbocycles. The van der Waals surface area contributed by atoms with Crippen LogP contribution in [0, 0.1) is 0 Å². The molecule has 0 atom stereocenters. The lowest BCUT2D eigenvalue weighted by Gasteiger charge is -2.14. The van der Waals surface area contributed by atoms with Crippen LogP contribution >= 0.6 is 0 Å². The summed E-state index contributed by atoms with van der Waals surface area (Å²) in [5.74, 6) is -0.660. The molecule has 1 amide bonds. The summed E-state index contributed by atoms with van der Waals surface area (Å²) in [4.78, 5) is 51.8. The number of benzene rings is 3. The van der Waals surface area contributed by atoms with Crippen LogP contribution in [-0.2, 0) is 0 Å². The molecule has 1 N–H and O–H groups in total. The quantitative estimate of drug-likeness (QED) is 0.562. The van der Waals surface area contributed by atoms with Crippen molar-refractivity contribution in [2.75, 3.05) is 5.43 Å². The molecule has 0 radical (unpaired) electrons. The van der Waals surface area contributed by atoms with E-state index in [2.05, 4.69) is 5.43 Å². The number of nitrogens with one attached hydrogen (secondary N) is 1. The Morgan fingerprint density at radius 1 is 0.567 bits per heavy atom. The number of rotatable bonds is 4. The fourth-order valence-electron chi connectivity index (χ4n) is 2.99. The third-order valence-electron chi connectivity index (χ3n) is 4.43. The van der Waals surface area contributed by atoms with Gasteiger partial charge in [-0.15, -0.1) is 4.68 Å². The van der Waals surface area contributed by atoms with E-state index in [4.69, 9.17) is 0 Å². The molecule has 1 heterocycles. The van der Waals surface area contributed by atoms with Crippen LogP contribution in [0.2, 0.25) is 0 Å². The second kappa shape index (κ2) is 7.88. The van der Waals surface area contributed by atoms with Gasteiger partial charge < -0.3 is 0 Å². The van der Waals surface area contributed by atoms with E-state index in [9.17, 15) is 19.2 Å². The fraction of sp³-hybridized carbons (Fsp3) is 0. The molecule has 148 valence electrons. The minimum Gasteiger partial charge on any atom is -0.267 e. The van der Waals surface area contributed by atoms with Crippen molar-refractivity contribution in [2.45, 2.75) is 0 Å². The Morgan fingerprint density at radius 2 is 0.967 bits per heavy atom. The Kier molecular flexibility index (Phi) is 4.96. The summed E-state index contributed by atoms with van der Waals surface area (Å²) in [6.45, 7) is 0. The number of hydrogen-bond acceptors (Lipinski definition) is 4. The van der Waals surface area contributed by atoms with Gasteiger partial charge in [-0.2, -0.15) is 0 Å². The van der Waals surface area contributed by atoms with Crippen LogP contribution in [0.25, 0.3) is 11.4 Å². The number of carbonyl (C=O) groups excluding carboxylic acids is 1. The van der Waals surface area contributed by atoms with Gasteiger partial charge in [-0.3, -0.25) is 10.2 Å². The Bertz CT molecular complexity index is 1290. The van der Waals surface area contributed by atoms with Gasteiger partial charge in [-0.25, -0.2) is 23.5 Å². The minimum atomic E-state index is -0.979. The summed E-state index contributed by atoms with van der Waals surface area (Å²) < 4.78 is 2.20. The summed E-state index contributed by atoms with van der Waals surface area (Å²) in [6.07, 6.45) is 0. The molecule has 30 heavy (non-hydrogen) atoms. The van der Waals surface area contributed by atoms with Crippen LogP contribution in [0.15, 0.2) is 105 Å². The van der Waals surface area contributed by atoms with Gasteiger partial charge in [0.25, 0.3) is 5.91 Å². The van der Waals surface area contributed by atoms with Crippen molar-refractivity contribution in [1.82, 2.24) is 13.8 Å². The van der Waals surface area contributed by atoms with E-state index in [1.165, 1.54) is 0 Å². The van der Waals surface area contributed by atoms with E-state index in [0.29, 0.717) is 4.68 Å². The van der Waals surface area contributed by atoms with Crippen molar-refractivity contribution >= 4 is 5.91 Å². The Labute approximate surface area is 169 Å². The van der Waals surface area contributed by atoms with E-state index in [-0.39, 0.29) is 16.9 Å². The van der Waals surface area contributed by atoms with Gasteiger partial charge in [-0.1, -0.05) is 54.6 Å². The summed E-state index contributed by atoms with van der Waals surface area (Å²) in [5, 5.41) is 0. The number of amides is 1. The summed E-state index contributed by atoms with van der Waals surface area (Å²) in [7, 11) is 0. The minimum absolute atomic E-state index is 0.257. The van der Waals surface area contributed by atoms with Crippen LogP contribution in [0.1, 0.15) is 10.4 Å². The third kappa shape index (κ3) is 3.37. The predicted molar refractivity (Wildman–Crippen MR) is 112 cm³/mol. The molecule has 0 spiro atoms. The van der Waals surface area contributed by atoms with E-state index in [0.717, 1.165) is 9.13 Å². The fourth-order valence-corrected chi connectivity index (χ4v) is 2.99. The zero-order chi connectivity index (χ0) is 21.1. The molecular formula is C22H16N4O4. The second-order valence-corrected chi connectivity index (χ2v) is 6.33. The molecular weight excluding hydrogens is 384 g/mol. The first-order valence-electron chi connectivity index (χ1n) is 9.06. The lowest BCUT2D eigenvalue weighted by atomic mass is 10.2. The lowest BCUT2D eigenvalue weighted by molar-refractivity contribution is 0.100. The molecule has 0 saturated carbocycles. The van der Waals surface area contributed by atoms with Gasteiger partial charge in [0.15, 0.2) is 0 Å². The highest BCUT2D eigenvalue weighted by Gasteiger charge is 2.19. The number of nitrogens with zero attached hydrogens (tertiary/aromatic N) is 3. The van der Waals surface area contributed by atoms with Crippen LogP contribution in [-0.4, -0.2) is 19.7 Å². The van der Waals surface area contributed by atoms with Crippen molar-refractivity contribution in [1.29, 1.82) is 0 Å².